The van der Waals surface area contributed by atoms with Crippen LogP contribution in [0.1, 0.15) is 5.56 Å². The molecule has 0 aliphatic rings. The highest BCUT2D eigenvalue weighted by Crippen LogP contribution is 2.29. The molecule has 1 amide bonds. The van der Waals surface area contributed by atoms with Gasteiger partial charge in [-0.15, -0.1) is 10.2 Å². The van der Waals surface area contributed by atoms with E-state index < -0.39 is 16.6 Å². The molecule has 0 unspecified atom stereocenters. The summed E-state index contributed by atoms with van der Waals surface area (Å²) >= 11 is 1.12. The molecule has 0 saturated carbocycles. The van der Waals surface area contributed by atoms with Crippen LogP contribution in [-0.4, -0.2) is 37.6 Å². The van der Waals surface area contributed by atoms with Gasteiger partial charge in [-0.2, -0.15) is 5.10 Å². The Hall–Kier alpha value is -4.38. The quantitative estimate of drug-likeness (QED) is 0.176. The topological polar surface area (TPSA) is 115 Å². The number of rotatable bonds is 8. The van der Waals surface area contributed by atoms with Gasteiger partial charge in [-0.1, -0.05) is 60.3 Å². The van der Waals surface area contributed by atoms with Gasteiger partial charge in [0.15, 0.2) is 11.0 Å². The van der Waals surface area contributed by atoms with E-state index in [1.165, 1.54) is 30.5 Å². The van der Waals surface area contributed by atoms with Crippen molar-refractivity contribution < 1.29 is 14.1 Å². The van der Waals surface area contributed by atoms with Gasteiger partial charge in [0.1, 0.15) is 5.82 Å². The fourth-order valence-electron chi connectivity index (χ4n) is 3.03. The Morgan fingerprint density at radius 3 is 2.62 bits per heavy atom. The molecule has 0 bridgehead atoms. The number of benzene rings is 3. The Kier molecular flexibility index (Phi) is 7.04. The Bertz CT molecular complexity index is 1360. The number of hydrogen-bond donors (Lipinski definition) is 1. The lowest BCUT2D eigenvalue weighted by Crippen LogP contribution is -2.20. The number of para-hydroxylation sites is 1. The summed E-state index contributed by atoms with van der Waals surface area (Å²) in [6.07, 6.45) is 1.23. The van der Waals surface area contributed by atoms with Crippen molar-refractivity contribution in [1.82, 2.24) is 20.2 Å². The molecule has 1 heterocycles. The number of halogens is 1. The molecule has 0 atom stereocenters. The second-order valence-corrected chi connectivity index (χ2v) is 7.83. The van der Waals surface area contributed by atoms with Crippen molar-refractivity contribution in [3.05, 3.63) is 100 Å². The summed E-state index contributed by atoms with van der Waals surface area (Å²) < 4.78 is 15.4. The highest BCUT2D eigenvalue weighted by Gasteiger charge is 2.19. The summed E-state index contributed by atoms with van der Waals surface area (Å²) in [7, 11) is 0. The van der Waals surface area contributed by atoms with Crippen LogP contribution in [0.3, 0.4) is 0 Å². The van der Waals surface area contributed by atoms with Crippen molar-refractivity contribution in [2.45, 2.75) is 5.16 Å². The summed E-state index contributed by atoms with van der Waals surface area (Å²) in [6, 6.07) is 21.4. The van der Waals surface area contributed by atoms with Crippen LogP contribution >= 0.6 is 11.8 Å². The minimum absolute atomic E-state index is 0.0332. The van der Waals surface area contributed by atoms with Crippen LogP contribution in [0.2, 0.25) is 0 Å². The molecule has 4 aromatic rings. The second kappa shape index (κ2) is 10.5. The summed E-state index contributed by atoms with van der Waals surface area (Å²) in [5.41, 5.74) is 3.78. The zero-order valence-corrected chi connectivity index (χ0v) is 18.4. The van der Waals surface area contributed by atoms with E-state index in [9.17, 15) is 19.3 Å². The van der Waals surface area contributed by atoms with E-state index in [2.05, 4.69) is 20.7 Å². The van der Waals surface area contributed by atoms with Crippen molar-refractivity contribution >= 4 is 29.6 Å². The third-order valence-corrected chi connectivity index (χ3v) is 5.52. The average molecular weight is 476 g/mol. The minimum Gasteiger partial charge on any atom is -0.272 e. The SMILES string of the molecule is O=C(CSc1nnc(-c2cccc([N+](=O)[O-])c2)n1-c1ccccc1)NN=Cc1ccccc1F. The first-order valence-electron chi connectivity index (χ1n) is 9.98. The molecule has 1 N–H and O–H groups in total. The highest BCUT2D eigenvalue weighted by molar-refractivity contribution is 7.99. The number of hydrazone groups is 1. The number of nitrogens with zero attached hydrogens (tertiary/aromatic N) is 5. The molecule has 0 aliphatic heterocycles. The van der Waals surface area contributed by atoms with Crippen LogP contribution in [0.4, 0.5) is 10.1 Å². The van der Waals surface area contributed by atoms with Crippen LogP contribution in [-0.2, 0) is 4.79 Å². The number of nitrogens with one attached hydrogen (secondary N) is 1. The van der Waals surface area contributed by atoms with Crippen LogP contribution in [0.5, 0.6) is 0 Å². The first-order chi connectivity index (χ1) is 16.5. The van der Waals surface area contributed by atoms with Crippen molar-refractivity contribution in [2.75, 3.05) is 5.75 Å². The largest absolute Gasteiger partial charge is 0.272 e. The maximum atomic E-state index is 13.6. The summed E-state index contributed by atoms with van der Waals surface area (Å²) in [5, 5.41) is 23.8. The Morgan fingerprint density at radius 1 is 1.09 bits per heavy atom. The smallest absolute Gasteiger partial charge is 0.270 e. The van der Waals surface area contributed by atoms with Gasteiger partial charge >= 0.3 is 0 Å². The summed E-state index contributed by atoms with van der Waals surface area (Å²) in [6.45, 7) is 0. The van der Waals surface area contributed by atoms with E-state index in [1.807, 2.05) is 30.3 Å². The monoisotopic (exact) mass is 476 g/mol. The van der Waals surface area contributed by atoms with Gasteiger partial charge in [0.25, 0.3) is 11.6 Å². The number of hydrogen-bond acceptors (Lipinski definition) is 7. The van der Waals surface area contributed by atoms with Gasteiger partial charge in [-0.25, -0.2) is 9.82 Å². The Morgan fingerprint density at radius 2 is 1.85 bits per heavy atom. The zero-order chi connectivity index (χ0) is 23.9. The van der Waals surface area contributed by atoms with Crippen LogP contribution in [0.15, 0.2) is 89.1 Å². The predicted octanol–water partition coefficient (Wildman–Crippen LogP) is 4.22. The van der Waals surface area contributed by atoms with Crippen LogP contribution in [0.25, 0.3) is 17.1 Å². The summed E-state index contributed by atoms with van der Waals surface area (Å²) in [4.78, 5) is 23.0. The number of carbonyl (C=O) groups excluding carboxylic acids is 1. The van der Waals surface area contributed by atoms with E-state index in [1.54, 1.807) is 28.8 Å². The van der Waals surface area contributed by atoms with Crippen molar-refractivity contribution in [3.63, 3.8) is 0 Å². The molecule has 0 aliphatic carbocycles. The van der Waals surface area contributed by atoms with E-state index in [0.29, 0.717) is 16.5 Å². The molecule has 9 nitrogen and oxygen atoms in total. The number of aromatic nitrogens is 3. The predicted molar refractivity (Wildman–Crippen MR) is 126 cm³/mol. The zero-order valence-electron chi connectivity index (χ0n) is 17.5. The van der Waals surface area contributed by atoms with Gasteiger partial charge in [-0.05, 0) is 18.2 Å². The van der Waals surface area contributed by atoms with Crippen LogP contribution in [0, 0.1) is 15.9 Å². The van der Waals surface area contributed by atoms with E-state index in [-0.39, 0.29) is 17.0 Å². The van der Waals surface area contributed by atoms with Gasteiger partial charge < -0.3 is 0 Å². The standard InChI is InChI=1S/C23H17FN6O3S/c24-20-12-5-4-7-17(20)14-25-26-21(31)15-34-23-28-27-22(29(23)18-9-2-1-3-10-18)16-8-6-11-19(13-16)30(32)33/h1-14H,15H2,(H,26,31). The van der Waals surface area contributed by atoms with E-state index in [4.69, 9.17) is 0 Å². The number of nitro benzene ring substituents is 1. The molecule has 0 spiro atoms. The molecule has 4 rings (SSSR count). The first-order valence-corrected chi connectivity index (χ1v) is 11.0. The molecule has 0 saturated heterocycles. The molecular weight excluding hydrogens is 459 g/mol. The molecule has 0 fully saturated rings. The van der Waals surface area contributed by atoms with Gasteiger partial charge in [-0.3, -0.25) is 19.5 Å². The minimum atomic E-state index is -0.478. The second-order valence-electron chi connectivity index (χ2n) is 6.89. The maximum absolute atomic E-state index is 13.6. The first kappa shape index (κ1) is 22.8. The van der Waals surface area contributed by atoms with E-state index in [0.717, 1.165) is 17.4 Å². The van der Waals surface area contributed by atoms with Crippen molar-refractivity contribution in [1.29, 1.82) is 0 Å². The third-order valence-electron chi connectivity index (χ3n) is 4.59. The number of carbonyl (C=O) groups is 1. The normalized spacial score (nSPS) is 11.0. The molecule has 170 valence electrons. The molecule has 0 radical (unpaired) electrons. The highest BCUT2D eigenvalue weighted by atomic mass is 32.2. The fraction of sp³-hybridized carbons (Fsp3) is 0.0435. The van der Waals surface area contributed by atoms with Gasteiger partial charge in [0.2, 0.25) is 0 Å². The van der Waals surface area contributed by atoms with Gasteiger partial charge in [0.05, 0.1) is 16.9 Å². The molecule has 34 heavy (non-hydrogen) atoms. The average Bonchev–Trinajstić information content (AvgIpc) is 3.28. The lowest BCUT2D eigenvalue weighted by Gasteiger charge is -2.10. The number of amides is 1. The fourth-order valence-corrected chi connectivity index (χ4v) is 3.78. The lowest BCUT2D eigenvalue weighted by molar-refractivity contribution is -0.384. The summed E-state index contributed by atoms with van der Waals surface area (Å²) in [5.74, 6) is -0.499. The van der Waals surface area contributed by atoms with Gasteiger partial charge in [0, 0.05) is 28.9 Å². The maximum Gasteiger partial charge on any atom is 0.270 e. The molecule has 11 heteroatoms. The van der Waals surface area contributed by atoms with Crippen molar-refractivity contribution in [3.8, 4) is 17.1 Å². The third kappa shape index (κ3) is 5.33. The molecular formula is C23H17FN6O3S. The molecule has 3 aromatic carbocycles. The number of nitro groups is 1. The Labute approximate surface area is 197 Å². The number of thioether (sulfide) groups is 1. The lowest BCUT2D eigenvalue weighted by atomic mass is 10.2. The van der Waals surface area contributed by atoms with E-state index >= 15 is 0 Å². The number of non-ortho nitro benzene ring substituents is 1. The van der Waals surface area contributed by atoms with Crippen molar-refractivity contribution in [2.24, 2.45) is 5.10 Å². The van der Waals surface area contributed by atoms with Crippen LogP contribution < -0.4 is 5.43 Å². The molecule has 1 aromatic heterocycles. The Balaban J connectivity index is 1.54.